The summed E-state index contributed by atoms with van der Waals surface area (Å²) in [6, 6.07) is 8.59. The molecular weight excluding hydrogens is 275 g/mol. The van der Waals surface area contributed by atoms with Gasteiger partial charge in [-0.3, -0.25) is 0 Å². The van der Waals surface area contributed by atoms with Gasteiger partial charge in [-0.25, -0.2) is 13.2 Å². The topological polar surface area (TPSA) is 12.0 Å². The average Bonchev–Trinajstić information content (AvgIpc) is 2.35. The van der Waals surface area contributed by atoms with E-state index in [0.29, 0.717) is 17.6 Å². The first kappa shape index (κ1) is 13.9. The molecule has 1 N–H and O–H groups in total. The Labute approximate surface area is 114 Å². The maximum atomic E-state index is 13.4. The molecular formula is C14H11ClF3N. The average molecular weight is 286 g/mol. The fraction of sp³-hybridized carbons (Fsp3) is 0.143. The SMILES string of the molecule is Fc1cc(F)c(CNCc2cccc(Cl)c2)cc1F. The molecule has 0 fully saturated rings. The van der Waals surface area contributed by atoms with Gasteiger partial charge in [0.05, 0.1) is 0 Å². The van der Waals surface area contributed by atoms with E-state index in [1.807, 2.05) is 6.07 Å². The molecule has 5 heteroatoms. The first-order valence-electron chi connectivity index (χ1n) is 5.65. The summed E-state index contributed by atoms with van der Waals surface area (Å²) in [5, 5.41) is 3.55. The Morgan fingerprint density at radius 2 is 1.63 bits per heavy atom. The molecule has 0 aliphatic heterocycles. The first-order chi connectivity index (χ1) is 9.06. The quantitative estimate of drug-likeness (QED) is 0.836. The van der Waals surface area contributed by atoms with Crippen molar-refractivity contribution in [1.29, 1.82) is 0 Å². The minimum atomic E-state index is -1.18. The number of nitrogens with one attached hydrogen (secondary N) is 1. The molecule has 0 amide bonds. The van der Waals surface area contributed by atoms with Crippen molar-refractivity contribution in [2.45, 2.75) is 13.1 Å². The Hall–Kier alpha value is -1.52. The van der Waals surface area contributed by atoms with Gasteiger partial charge in [-0.2, -0.15) is 0 Å². The van der Waals surface area contributed by atoms with Crippen LogP contribution in [0.1, 0.15) is 11.1 Å². The van der Waals surface area contributed by atoms with E-state index in [0.717, 1.165) is 11.6 Å². The zero-order valence-electron chi connectivity index (χ0n) is 9.89. The summed E-state index contributed by atoms with van der Waals surface area (Å²) < 4.78 is 39.1. The smallest absolute Gasteiger partial charge is 0.161 e. The number of hydrogen-bond donors (Lipinski definition) is 1. The van der Waals surface area contributed by atoms with Gasteiger partial charge in [-0.1, -0.05) is 23.7 Å². The summed E-state index contributed by atoms with van der Waals surface area (Å²) in [7, 11) is 0. The molecule has 2 aromatic rings. The largest absolute Gasteiger partial charge is 0.309 e. The van der Waals surface area contributed by atoms with E-state index in [2.05, 4.69) is 5.32 Å². The molecule has 2 rings (SSSR count). The van der Waals surface area contributed by atoms with Crippen LogP contribution in [0, 0.1) is 17.5 Å². The molecule has 0 atom stereocenters. The van der Waals surface area contributed by atoms with Crippen LogP contribution in [0.15, 0.2) is 36.4 Å². The standard InChI is InChI=1S/C14H11ClF3N/c15-11-3-1-2-9(4-11)7-19-8-10-5-13(17)14(18)6-12(10)16/h1-6,19H,7-8H2. The van der Waals surface area contributed by atoms with Crippen molar-refractivity contribution in [3.63, 3.8) is 0 Å². The van der Waals surface area contributed by atoms with Crippen molar-refractivity contribution >= 4 is 11.6 Å². The second-order valence-electron chi connectivity index (χ2n) is 4.09. The fourth-order valence-corrected chi connectivity index (χ4v) is 1.90. The molecule has 0 saturated heterocycles. The number of hydrogen-bond acceptors (Lipinski definition) is 1. The maximum absolute atomic E-state index is 13.4. The number of rotatable bonds is 4. The van der Waals surface area contributed by atoms with Gasteiger partial charge in [-0.15, -0.1) is 0 Å². The molecule has 0 saturated carbocycles. The van der Waals surface area contributed by atoms with Gasteiger partial charge in [-0.05, 0) is 23.8 Å². The summed E-state index contributed by atoms with van der Waals surface area (Å²) in [4.78, 5) is 0. The van der Waals surface area contributed by atoms with Gasteiger partial charge in [0.2, 0.25) is 0 Å². The highest BCUT2D eigenvalue weighted by atomic mass is 35.5. The van der Waals surface area contributed by atoms with E-state index in [1.54, 1.807) is 18.2 Å². The predicted octanol–water partition coefficient (Wildman–Crippen LogP) is 4.05. The fourth-order valence-electron chi connectivity index (χ4n) is 1.69. The van der Waals surface area contributed by atoms with E-state index in [1.165, 1.54) is 0 Å². The lowest BCUT2D eigenvalue weighted by atomic mass is 10.2. The highest BCUT2D eigenvalue weighted by molar-refractivity contribution is 6.30. The summed E-state index contributed by atoms with van der Waals surface area (Å²) in [5.74, 6) is -3.01. The molecule has 0 spiro atoms. The Kier molecular flexibility index (Phi) is 4.45. The monoisotopic (exact) mass is 285 g/mol. The van der Waals surface area contributed by atoms with Gasteiger partial charge in [0.15, 0.2) is 11.6 Å². The Balaban J connectivity index is 1.98. The van der Waals surface area contributed by atoms with Crippen molar-refractivity contribution in [2.24, 2.45) is 0 Å². The molecule has 0 heterocycles. The van der Waals surface area contributed by atoms with Crippen LogP contribution >= 0.6 is 11.6 Å². The summed E-state index contributed by atoms with van der Waals surface area (Å²) in [6.45, 7) is 0.564. The molecule has 19 heavy (non-hydrogen) atoms. The summed E-state index contributed by atoms with van der Waals surface area (Å²) in [6.07, 6.45) is 0. The van der Waals surface area contributed by atoms with Crippen LogP contribution in [-0.4, -0.2) is 0 Å². The first-order valence-corrected chi connectivity index (χ1v) is 6.02. The van der Waals surface area contributed by atoms with Crippen LogP contribution in [0.5, 0.6) is 0 Å². The van der Waals surface area contributed by atoms with Crippen LogP contribution in [0.25, 0.3) is 0 Å². The second kappa shape index (κ2) is 6.08. The normalized spacial score (nSPS) is 10.7. The van der Waals surface area contributed by atoms with E-state index in [-0.39, 0.29) is 12.1 Å². The molecule has 0 unspecified atom stereocenters. The van der Waals surface area contributed by atoms with Crippen LogP contribution in [0.3, 0.4) is 0 Å². The maximum Gasteiger partial charge on any atom is 0.161 e. The van der Waals surface area contributed by atoms with Crippen LogP contribution in [0.4, 0.5) is 13.2 Å². The van der Waals surface area contributed by atoms with Crippen LogP contribution in [-0.2, 0) is 13.1 Å². The second-order valence-corrected chi connectivity index (χ2v) is 4.53. The number of halogens is 4. The third kappa shape index (κ3) is 3.72. The summed E-state index contributed by atoms with van der Waals surface area (Å²) in [5.41, 5.74) is 1.01. The summed E-state index contributed by atoms with van der Waals surface area (Å²) >= 11 is 5.83. The zero-order valence-corrected chi connectivity index (χ0v) is 10.6. The molecule has 0 bridgehead atoms. The van der Waals surface area contributed by atoms with E-state index in [9.17, 15) is 13.2 Å². The predicted molar refractivity (Wildman–Crippen MR) is 68.3 cm³/mol. The molecule has 0 aliphatic carbocycles. The molecule has 0 aliphatic rings. The van der Waals surface area contributed by atoms with Gasteiger partial charge >= 0.3 is 0 Å². The minimum absolute atomic E-state index is 0.0842. The zero-order chi connectivity index (χ0) is 13.8. The minimum Gasteiger partial charge on any atom is -0.309 e. The molecule has 2 aromatic carbocycles. The Morgan fingerprint density at radius 1 is 0.895 bits per heavy atom. The highest BCUT2D eigenvalue weighted by Crippen LogP contribution is 2.14. The third-order valence-electron chi connectivity index (χ3n) is 2.62. The van der Waals surface area contributed by atoms with Crippen LogP contribution < -0.4 is 5.32 Å². The highest BCUT2D eigenvalue weighted by Gasteiger charge is 2.09. The van der Waals surface area contributed by atoms with Gasteiger partial charge < -0.3 is 5.32 Å². The van der Waals surface area contributed by atoms with Crippen molar-refractivity contribution in [2.75, 3.05) is 0 Å². The Bertz CT molecular complexity index is 587. The lowest BCUT2D eigenvalue weighted by molar-refractivity contribution is 0.487. The van der Waals surface area contributed by atoms with Gasteiger partial charge in [0.1, 0.15) is 5.82 Å². The number of benzene rings is 2. The van der Waals surface area contributed by atoms with Crippen molar-refractivity contribution in [3.8, 4) is 0 Å². The van der Waals surface area contributed by atoms with Gasteiger partial charge in [0.25, 0.3) is 0 Å². The van der Waals surface area contributed by atoms with Gasteiger partial charge in [0, 0.05) is 29.7 Å². The van der Waals surface area contributed by atoms with E-state index in [4.69, 9.17) is 11.6 Å². The molecule has 1 nitrogen and oxygen atoms in total. The molecule has 0 aromatic heterocycles. The van der Waals surface area contributed by atoms with Crippen molar-refractivity contribution in [3.05, 3.63) is 70.0 Å². The third-order valence-corrected chi connectivity index (χ3v) is 2.86. The van der Waals surface area contributed by atoms with Crippen LogP contribution in [0.2, 0.25) is 5.02 Å². The molecule has 0 radical (unpaired) electrons. The van der Waals surface area contributed by atoms with E-state index < -0.39 is 17.5 Å². The van der Waals surface area contributed by atoms with E-state index >= 15 is 0 Å². The molecule has 100 valence electrons. The van der Waals surface area contributed by atoms with Crippen molar-refractivity contribution < 1.29 is 13.2 Å². The Morgan fingerprint density at radius 3 is 2.37 bits per heavy atom. The van der Waals surface area contributed by atoms with Crippen molar-refractivity contribution in [1.82, 2.24) is 5.32 Å². The lowest BCUT2D eigenvalue weighted by Gasteiger charge is -2.07. The lowest BCUT2D eigenvalue weighted by Crippen LogP contribution is -2.14.